The molecule has 1 rings (SSSR count). The largest absolute Gasteiger partial charge is 0.469 e. The summed E-state index contributed by atoms with van der Waals surface area (Å²) >= 11 is 0. The van der Waals surface area contributed by atoms with E-state index >= 15 is 0 Å². The maximum absolute atomic E-state index is 12.9. The number of hydrogen-bond acceptors (Lipinski definition) is 3. The van der Waals surface area contributed by atoms with Gasteiger partial charge in [0.2, 0.25) is 0 Å². The molecule has 1 atom stereocenters. The third-order valence-corrected chi connectivity index (χ3v) is 2.20. The van der Waals surface area contributed by atoms with Crippen molar-refractivity contribution in [1.29, 1.82) is 0 Å². The lowest BCUT2D eigenvalue weighted by molar-refractivity contribution is -0.141. The van der Waals surface area contributed by atoms with E-state index < -0.39 is 0 Å². The van der Waals surface area contributed by atoms with Gasteiger partial charge in [-0.2, -0.15) is 0 Å². The topological polar surface area (TPSA) is 38.3 Å². The fourth-order valence-corrected chi connectivity index (χ4v) is 1.36. The zero-order chi connectivity index (χ0) is 11.3. The molecule has 0 amide bonds. The van der Waals surface area contributed by atoms with Crippen LogP contribution in [0.2, 0.25) is 0 Å². The van der Waals surface area contributed by atoms with Gasteiger partial charge in [-0.15, -0.1) is 0 Å². The Morgan fingerprint density at radius 2 is 2.33 bits per heavy atom. The van der Waals surface area contributed by atoms with E-state index in [9.17, 15) is 9.18 Å². The Morgan fingerprint density at radius 3 is 2.87 bits per heavy atom. The van der Waals surface area contributed by atoms with E-state index in [4.69, 9.17) is 0 Å². The maximum Gasteiger partial charge on any atom is 0.307 e. The number of benzene rings is 1. The highest BCUT2D eigenvalue weighted by Gasteiger charge is 2.14. The number of ether oxygens (including phenoxy) is 1. The van der Waals surface area contributed by atoms with Gasteiger partial charge in [-0.25, -0.2) is 4.39 Å². The van der Waals surface area contributed by atoms with Crippen molar-refractivity contribution in [3.63, 3.8) is 0 Å². The minimum Gasteiger partial charge on any atom is -0.469 e. The fourth-order valence-electron chi connectivity index (χ4n) is 1.36. The molecule has 0 saturated carbocycles. The van der Waals surface area contributed by atoms with Gasteiger partial charge in [0.05, 0.1) is 13.5 Å². The molecule has 0 saturated heterocycles. The molecule has 1 aromatic carbocycles. The number of carbonyl (C=O) groups excluding carboxylic acids is 1. The van der Waals surface area contributed by atoms with Crippen LogP contribution in [0.3, 0.4) is 0 Å². The Hall–Kier alpha value is -1.42. The normalized spacial score (nSPS) is 12.2. The zero-order valence-corrected chi connectivity index (χ0v) is 8.79. The summed E-state index contributed by atoms with van der Waals surface area (Å²) in [4.78, 5) is 11.1. The first kappa shape index (κ1) is 11.7. The predicted octanol–water partition coefficient (Wildman–Crippen LogP) is 1.65. The molecular formula is C11H14FNO2. The average molecular weight is 211 g/mol. The summed E-state index contributed by atoms with van der Waals surface area (Å²) in [5, 5.41) is 2.94. The van der Waals surface area contributed by atoms with Crippen LogP contribution in [0.1, 0.15) is 18.0 Å². The minimum atomic E-state index is -0.321. The summed E-state index contributed by atoms with van der Waals surface area (Å²) in [6.45, 7) is 0. The third-order valence-electron chi connectivity index (χ3n) is 2.20. The van der Waals surface area contributed by atoms with Crippen molar-refractivity contribution in [2.45, 2.75) is 12.5 Å². The SMILES string of the molecule is CNC(CC(=O)OC)c1cccc(F)c1. The van der Waals surface area contributed by atoms with E-state index in [1.54, 1.807) is 19.2 Å². The smallest absolute Gasteiger partial charge is 0.307 e. The van der Waals surface area contributed by atoms with Crippen molar-refractivity contribution in [3.05, 3.63) is 35.6 Å². The lowest BCUT2D eigenvalue weighted by Gasteiger charge is -2.15. The van der Waals surface area contributed by atoms with Gasteiger partial charge < -0.3 is 10.1 Å². The summed E-state index contributed by atoms with van der Waals surface area (Å²) in [5.74, 6) is -0.628. The van der Waals surface area contributed by atoms with Gasteiger partial charge in [-0.05, 0) is 24.7 Å². The number of carbonyl (C=O) groups is 1. The second kappa shape index (κ2) is 5.46. The third kappa shape index (κ3) is 3.32. The summed E-state index contributed by atoms with van der Waals surface area (Å²) < 4.78 is 17.5. The number of esters is 1. The Balaban J connectivity index is 2.78. The van der Waals surface area contributed by atoms with Crippen LogP contribution in [0.25, 0.3) is 0 Å². The van der Waals surface area contributed by atoms with Crippen LogP contribution in [-0.2, 0) is 9.53 Å². The number of halogens is 1. The molecule has 82 valence electrons. The van der Waals surface area contributed by atoms with E-state index in [0.29, 0.717) is 0 Å². The molecule has 1 aromatic rings. The monoisotopic (exact) mass is 211 g/mol. The van der Waals surface area contributed by atoms with E-state index in [-0.39, 0.29) is 24.2 Å². The summed E-state index contributed by atoms with van der Waals surface area (Å²) in [7, 11) is 3.05. The molecule has 0 aliphatic rings. The van der Waals surface area contributed by atoms with Crippen molar-refractivity contribution in [3.8, 4) is 0 Å². The molecule has 0 aromatic heterocycles. The van der Waals surface area contributed by atoms with Gasteiger partial charge in [-0.3, -0.25) is 4.79 Å². The van der Waals surface area contributed by atoms with Crippen molar-refractivity contribution < 1.29 is 13.9 Å². The zero-order valence-electron chi connectivity index (χ0n) is 8.79. The van der Waals surface area contributed by atoms with Crippen molar-refractivity contribution in [2.24, 2.45) is 0 Å². The first-order valence-electron chi connectivity index (χ1n) is 4.67. The number of rotatable bonds is 4. The Morgan fingerprint density at radius 1 is 1.60 bits per heavy atom. The Kier molecular flexibility index (Phi) is 4.24. The summed E-state index contributed by atoms with van der Waals surface area (Å²) in [6, 6.07) is 5.95. The van der Waals surface area contributed by atoms with E-state index in [1.807, 2.05) is 0 Å². The fraction of sp³-hybridized carbons (Fsp3) is 0.364. The lowest BCUT2D eigenvalue weighted by atomic mass is 10.0. The van der Waals surface area contributed by atoms with Gasteiger partial charge in [-0.1, -0.05) is 12.1 Å². The van der Waals surface area contributed by atoms with Crippen LogP contribution in [0.15, 0.2) is 24.3 Å². The van der Waals surface area contributed by atoms with Crippen LogP contribution in [0, 0.1) is 5.82 Å². The van der Waals surface area contributed by atoms with Gasteiger partial charge >= 0.3 is 5.97 Å². The van der Waals surface area contributed by atoms with Crippen LogP contribution in [0.5, 0.6) is 0 Å². The predicted molar refractivity (Wildman–Crippen MR) is 54.8 cm³/mol. The van der Waals surface area contributed by atoms with Gasteiger partial charge in [0.25, 0.3) is 0 Å². The molecule has 4 heteroatoms. The summed E-state index contributed by atoms with van der Waals surface area (Å²) in [6.07, 6.45) is 0.191. The van der Waals surface area contributed by atoms with E-state index in [0.717, 1.165) is 5.56 Å². The van der Waals surface area contributed by atoms with Crippen LogP contribution < -0.4 is 5.32 Å². The highest BCUT2D eigenvalue weighted by Crippen LogP contribution is 2.17. The van der Waals surface area contributed by atoms with Gasteiger partial charge in [0.1, 0.15) is 5.82 Å². The molecular weight excluding hydrogens is 197 g/mol. The average Bonchev–Trinajstić information content (AvgIpc) is 2.25. The molecule has 3 nitrogen and oxygen atoms in total. The minimum absolute atomic E-state index is 0.191. The van der Waals surface area contributed by atoms with Crippen molar-refractivity contribution >= 4 is 5.97 Å². The second-order valence-electron chi connectivity index (χ2n) is 3.18. The molecule has 0 bridgehead atoms. The molecule has 1 N–H and O–H groups in total. The second-order valence-corrected chi connectivity index (χ2v) is 3.18. The first-order chi connectivity index (χ1) is 7.17. The maximum atomic E-state index is 12.9. The number of methoxy groups -OCH3 is 1. The van der Waals surface area contributed by atoms with Gasteiger partial charge in [0.15, 0.2) is 0 Å². The quantitative estimate of drug-likeness (QED) is 0.769. The molecule has 0 heterocycles. The first-order valence-corrected chi connectivity index (χ1v) is 4.67. The molecule has 0 spiro atoms. The van der Waals surface area contributed by atoms with Crippen LogP contribution in [-0.4, -0.2) is 20.1 Å². The van der Waals surface area contributed by atoms with Crippen LogP contribution >= 0.6 is 0 Å². The lowest BCUT2D eigenvalue weighted by Crippen LogP contribution is -2.20. The Labute approximate surface area is 88.2 Å². The highest BCUT2D eigenvalue weighted by atomic mass is 19.1. The Bertz CT molecular complexity index is 341. The van der Waals surface area contributed by atoms with Crippen molar-refractivity contribution in [1.82, 2.24) is 5.32 Å². The van der Waals surface area contributed by atoms with Gasteiger partial charge in [0, 0.05) is 6.04 Å². The number of hydrogen-bond donors (Lipinski definition) is 1. The van der Waals surface area contributed by atoms with E-state index in [1.165, 1.54) is 19.2 Å². The number of nitrogens with one attached hydrogen (secondary N) is 1. The summed E-state index contributed by atoms with van der Waals surface area (Å²) in [5.41, 5.74) is 0.739. The molecule has 15 heavy (non-hydrogen) atoms. The van der Waals surface area contributed by atoms with Crippen molar-refractivity contribution in [2.75, 3.05) is 14.2 Å². The van der Waals surface area contributed by atoms with E-state index in [2.05, 4.69) is 10.1 Å². The van der Waals surface area contributed by atoms with Crippen LogP contribution in [0.4, 0.5) is 4.39 Å². The standard InChI is InChI=1S/C11H14FNO2/c1-13-10(7-11(14)15-2)8-4-3-5-9(12)6-8/h3-6,10,13H,7H2,1-2H3. The molecule has 0 fully saturated rings. The molecule has 1 unspecified atom stereocenters. The molecule has 0 aliphatic carbocycles. The highest BCUT2D eigenvalue weighted by molar-refractivity contribution is 5.70. The molecule has 0 radical (unpaired) electrons. The molecule has 0 aliphatic heterocycles.